The van der Waals surface area contributed by atoms with Crippen LogP contribution in [0.15, 0.2) is 70.9 Å². The van der Waals surface area contributed by atoms with Crippen molar-refractivity contribution in [2.75, 3.05) is 46.2 Å². The van der Waals surface area contributed by atoms with Gasteiger partial charge in [0.2, 0.25) is 0 Å². The van der Waals surface area contributed by atoms with E-state index < -0.39 is 0 Å². The third kappa shape index (κ3) is 4.83. The minimum atomic E-state index is 0.133. The van der Waals surface area contributed by atoms with Crippen molar-refractivity contribution >= 4 is 27.8 Å². The first-order valence-electron chi connectivity index (χ1n) is 9.08. The number of anilines is 1. The van der Waals surface area contributed by atoms with Gasteiger partial charge in [-0.3, -0.25) is 0 Å². The standard InChI is InChI=1S/C22H26N4O/c1-25(15-16-26(2,3)4)19-12-10-18(11-13-19)23-24-22-20-8-6-5-7-17(20)9-14-21(22)27/h5-14H,15-16H2,1-4H3/p+1. The van der Waals surface area contributed by atoms with E-state index in [4.69, 9.17) is 0 Å². The van der Waals surface area contributed by atoms with Crippen LogP contribution in [0.2, 0.25) is 0 Å². The van der Waals surface area contributed by atoms with Crippen LogP contribution in [0.3, 0.4) is 0 Å². The predicted molar refractivity (Wildman–Crippen MR) is 112 cm³/mol. The van der Waals surface area contributed by atoms with Crippen LogP contribution in [0.1, 0.15) is 0 Å². The van der Waals surface area contributed by atoms with Gasteiger partial charge in [-0.15, -0.1) is 5.11 Å². The van der Waals surface area contributed by atoms with Gasteiger partial charge in [-0.05, 0) is 35.7 Å². The molecule has 3 rings (SSSR count). The molecule has 140 valence electrons. The summed E-state index contributed by atoms with van der Waals surface area (Å²) in [7, 11) is 8.68. The van der Waals surface area contributed by atoms with E-state index in [0.717, 1.165) is 39.7 Å². The second-order valence-corrected chi connectivity index (χ2v) is 7.81. The quantitative estimate of drug-likeness (QED) is 0.489. The SMILES string of the molecule is CN(CC[N+](C)(C)C)c1ccc(N=Nc2c(O)ccc3ccccc23)cc1. The van der Waals surface area contributed by atoms with Crippen molar-refractivity contribution in [2.24, 2.45) is 10.2 Å². The van der Waals surface area contributed by atoms with Gasteiger partial charge in [0.05, 0.1) is 39.9 Å². The lowest BCUT2D eigenvalue weighted by molar-refractivity contribution is -0.868. The molecule has 1 N–H and O–H groups in total. The molecule has 3 aromatic rings. The van der Waals surface area contributed by atoms with Crippen LogP contribution in [-0.4, -0.2) is 50.9 Å². The summed E-state index contributed by atoms with van der Waals surface area (Å²) in [5.41, 5.74) is 2.40. The number of likely N-dealkylation sites (N-methyl/N-ethyl adjacent to an activating group) is 2. The molecule has 0 radical (unpaired) electrons. The lowest BCUT2D eigenvalue weighted by Gasteiger charge is -2.28. The second-order valence-electron chi connectivity index (χ2n) is 7.81. The van der Waals surface area contributed by atoms with Gasteiger partial charge in [-0.1, -0.05) is 30.3 Å². The van der Waals surface area contributed by atoms with Gasteiger partial charge in [0.25, 0.3) is 0 Å². The number of nitrogens with zero attached hydrogens (tertiary/aromatic N) is 4. The Balaban J connectivity index is 1.76. The van der Waals surface area contributed by atoms with E-state index in [1.54, 1.807) is 6.07 Å². The van der Waals surface area contributed by atoms with Gasteiger partial charge in [0.15, 0.2) is 0 Å². The maximum atomic E-state index is 10.2. The number of fused-ring (bicyclic) bond motifs is 1. The van der Waals surface area contributed by atoms with Crippen molar-refractivity contribution in [1.29, 1.82) is 0 Å². The summed E-state index contributed by atoms with van der Waals surface area (Å²) in [5.74, 6) is 0.133. The number of hydrogen-bond acceptors (Lipinski definition) is 4. The fraction of sp³-hybridized carbons (Fsp3) is 0.273. The van der Waals surface area contributed by atoms with Crippen LogP contribution in [0.25, 0.3) is 10.8 Å². The van der Waals surface area contributed by atoms with E-state index in [2.05, 4.69) is 43.3 Å². The zero-order valence-electron chi connectivity index (χ0n) is 16.4. The van der Waals surface area contributed by atoms with Crippen molar-refractivity contribution in [2.45, 2.75) is 0 Å². The van der Waals surface area contributed by atoms with E-state index in [1.807, 2.05) is 54.6 Å². The Labute approximate surface area is 160 Å². The number of quaternary nitrogens is 1. The molecule has 0 aliphatic rings. The number of hydrogen-bond donors (Lipinski definition) is 1. The second kappa shape index (κ2) is 7.76. The van der Waals surface area contributed by atoms with Gasteiger partial charge in [0.1, 0.15) is 11.4 Å². The summed E-state index contributed by atoms with van der Waals surface area (Å²) in [4.78, 5) is 2.24. The highest BCUT2D eigenvalue weighted by atomic mass is 16.3. The first kappa shape index (κ1) is 18.9. The molecule has 0 saturated heterocycles. The Hall–Kier alpha value is -2.92. The Kier molecular flexibility index (Phi) is 5.42. The molecule has 0 atom stereocenters. The minimum absolute atomic E-state index is 0.133. The van der Waals surface area contributed by atoms with Crippen LogP contribution in [0.4, 0.5) is 17.1 Å². The molecule has 5 heteroatoms. The van der Waals surface area contributed by atoms with Crippen molar-refractivity contribution in [1.82, 2.24) is 0 Å². The molecule has 0 saturated carbocycles. The van der Waals surface area contributed by atoms with E-state index in [9.17, 15) is 5.11 Å². The highest BCUT2D eigenvalue weighted by Crippen LogP contribution is 2.36. The summed E-state index contributed by atoms with van der Waals surface area (Å²) in [6, 6.07) is 19.4. The first-order chi connectivity index (χ1) is 12.8. The lowest BCUT2D eigenvalue weighted by atomic mass is 10.1. The summed E-state index contributed by atoms with van der Waals surface area (Å²) in [6.45, 7) is 2.05. The van der Waals surface area contributed by atoms with Crippen LogP contribution >= 0.6 is 0 Å². The summed E-state index contributed by atoms with van der Waals surface area (Å²) in [5, 5.41) is 20.7. The molecule has 0 aliphatic heterocycles. The first-order valence-corrected chi connectivity index (χ1v) is 9.08. The number of aromatic hydroxyl groups is 1. The Morgan fingerprint density at radius 1 is 0.889 bits per heavy atom. The molecule has 5 nitrogen and oxygen atoms in total. The molecular formula is C22H27N4O+. The molecule has 0 spiro atoms. The molecule has 0 unspecified atom stereocenters. The van der Waals surface area contributed by atoms with E-state index in [0.29, 0.717) is 5.69 Å². The zero-order chi connectivity index (χ0) is 19.4. The third-order valence-corrected chi connectivity index (χ3v) is 4.54. The molecule has 3 aromatic carbocycles. The average molecular weight is 363 g/mol. The van der Waals surface area contributed by atoms with Crippen molar-refractivity contribution in [3.63, 3.8) is 0 Å². The Bertz CT molecular complexity index is 943. The summed E-state index contributed by atoms with van der Waals surface area (Å²) >= 11 is 0. The number of phenols is 1. The number of rotatable bonds is 6. The monoisotopic (exact) mass is 363 g/mol. The van der Waals surface area contributed by atoms with Crippen molar-refractivity contribution in [3.8, 4) is 5.75 Å². The highest BCUT2D eigenvalue weighted by molar-refractivity contribution is 5.95. The van der Waals surface area contributed by atoms with Crippen LogP contribution in [0, 0.1) is 0 Å². The smallest absolute Gasteiger partial charge is 0.143 e. The van der Waals surface area contributed by atoms with Gasteiger partial charge < -0.3 is 14.5 Å². The van der Waals surface area contributed by atoms with Crippen LogP contribution in [-0.2, 0) is 0 Å². The Morgan fingerprint density at radius 2 is 1.59 bits per heavy atom. The van der Waals surface area contributed by atoms with Gasteiger partial charge >= 0.3 is 0 Å². The number of phenolic OH excluding ortho intramolecular Hbond substituents is 1. The Morgan fingerprint density at radius 3 is 2.30 bits per heavy atom. The molecule has 0 aromatic heterocycles. The highest BCUT2D eigenvalue weighted by Gasteiger charge is 2.10. The van der Waals surface area contributed by atoms with Crippen molar-refractivity contribution in [3.05, 3.63) is 60.7 Å². The largest absolute Gasteiger partial charge is 0.506 e. The average Bonchev–Trinajstić information content (AvgIpc) is 2.65. The molecule has 0 aliphatic carbocycles. The fourth-order valence-corrected chi connectivity index (χ4v) is 2.81. The topological polar surface area (TPSA) is 48.2 Å². The summed E-state index contributed by atoms with van der Waals surface area (Å²) in [6.07, 6.45) is 0. The van der Waals surface area contributed by atoms with Crippen molar-refractivity contribution < 1.29 is 9.59 Å². The lowest BCUT2D eigenvalue weighted by Crippen LogP contribution is -2.41. The molecule has 27 heavy (non-hydrogen) atoms. The molecular weight excluding hydrogens is 336 g/mol. The van der Waals surface area contributed by atoms with Gasteiger partial charge in [-0.25, -0.2) is 0 Å². The van der Waals surface area contributed by atoms with Crippen LogP contribution in [0.5, 0.6) is 5.75 Å². The predicted octanol–water partition coefficient (Wildman–Crippen LogP) is 5.10. The normalized spacial score (nSPS) is 12.0. The van der Waals surface area contributed by atoms with Crippen LogP contribution < -0.4 is 4.90 Å². The van der Waals surface area contributed by atoms with Gasteiger partial charge in [0, 0.05) is 18.1 Å². The van der Waals surface area contributed by atoms with Gasteiger partial charge in [-0.2, -0.15) is 5.11 Å². The molecule has 0 amide bonds. The minimum Gasteiger partial charge on any atom is -0.506 e. The van der Waals surface area contributed by atoms with E-state index >= 15 is 0 Å². The maximum Gasteiger partial charge on any atom is 0.143 e. The number of benzene rings is 3. The van der Waals surface area contributed by atoms with E-state index in [1.165, 1.54) is 0 Å². The maximum absolute atomic E-state index is 10.2. The molecule has 0 bridgehead atoms. The molecule has 0 heterocycles. The molecule has 0 fully saturated rings. The van der Waals surface area contributed by atoms with E-state index in [-0.39, 0.29) is 5.75 Å². The summed E-state index contributed by atoms with van der Waals surface area (Å²) < 4.78 is 0.936. The zero-order valence-corrected chi connectivity index (χ0v) is 16.4. The number of azo groups is 1. The third-order valence-electron chi connectivity index (χ3n) is 4.54. The fourth-order valence-electron chi connectivity index (χ4n) is 2.81.